The predicted molar refractivity (Wildman–Crippen MR) is 162 cm³/mol. The van der Waals surface area contributed by atoms with E-state index in [9.17, 15) is 19.5 Å². The summed E-state index contributed by atoms with van der Waals surface area (Å²) in [6.07, 6.45) is 0.592. The number of carbonyl (C=O) groups is 3. The third-order valence-electron chi connectivity index (χ3n) is 6.46. The SMILES string of the molecule is Br.CCOC(=O)c1cn(CC(=O)c2cc(C(C)(C)C)c(O)c(C(C)(C)C)c2)/c(=N/C(=O)OC)n1Cc1ccccc1. The maximum absolute atomic E-state index is 13.8. The van der Waals surface area contributed by atoms with Crippen LogP contribution in [-0.4, -0.2) is 45.8 Å². The molecule has 9 nitrogen and oxygen atoms in total. The fraction of sp³-hybridized carbons (Fsp3) is 0.419. The summed E-state index contributed by atoms with van der Waals surface area (Å²) in [5.41, 5.74) is 1.92. The number of ketones is 1. The van der Waals surface area contributed by atoms with Gasteiger partial charge in [0.05, 0.1) is 26.8 Å². The molecule has 1 N–H and O–H groups in total. The van der Waals surface area contributed by atoms with Crippen molar-refractivity contribution in [3.8, 4) is 5.75 Å². The average molecular weight is 631 g/mol. The summed E-state index contributed by atoms with van der Waals surface area (Å²) in [5.74, 6) is -0.723. The Hall–Kier alpha value is -3.66. The second kappa shape index (κ2) is 13.3. The van der Waals surface area contributed by atoms with E-state index in [4.69, 9.17) is 9.47 Å². The van der Waals surface area contributed by atoms with Gasteiger partial charge in [-0.1, -0.05) is 71.9 Å². The number of hydrogen-bond donors (Lipinski definition) is 1. The van der Waals surface area contributed by atoms with E-state index in [0.29, 0.717) is 16.7 Å². The highest BCUT2D eigenvalue weighted by molar-refractivity contribution is 8.93. The number of esters is 1. The van der Waals surface area contributed by atoms with Crippen LogP contribution < -0.4 is 5.62 Å². The van der Waals surface area contributed by atoms with Crippen molar-refractivity contribution in [2.24, 2.45) is 4.99 Å². The number of aromatic nitrogens is 2. The van der Waals surface area contributed by atoms with Crippen molar-refractivity contribution in [2.75, 3.05) is 13.7 Å². The highest BCUT2D eigenvalue weighted by Gasteiger charge is 2.28. The van der Waals surface area contributed by atoms with Gasteiger partial charge in [-0.25, -0.2) is 9.59 Å². The molecule has 0 bridgehead atoms. The van der Waals surface area contributed by atoms with Gasteiger partial charge >= 0.3 is 12.1 Å². The molecule has 222 valence electrons. The van der Waals surface area contributed by atoms with Gasteiger partial charge in [0.1, 0.15) is 11.4 Å². The summed E-state index contributed by atoms with van der Waals surface area (Å²) in [6.45, 7) is 13.7. The number of amides is 1. The van der Waals surface area contributed by atoms with Crippen molar-refractivity contribution >= 4 is 34.8 Å². The minimum absolute atomic E-state index is 0. The number of methoxy groups -OCH3 is 1. The Kier molecular flexibility index (Phi) is 10.9. The molecule has 3 aromatic rings. The Labute approximate surface area is 251 Å². The Bertz CT molecular complexity index is 1440. The quantitative estimate of drug-likeness (QED) is 0.255. The van der Waals surface area contributed by atoms with Crippen LogP contribution in [0.4, 0.5) is 4.79 Å². The molecule has 0 aliphatic carbocycles. The van der Waals surface area contributed by atoms with E-state index in [1.54, 1.807) is 19.1 Å². The smallest absolute Gasteiger partial charge is 0.436 e. The van der Waals surface area contributed by atoms with Crippen LogP contribution in [-0.2, 0) is 33.4 Å². The van der Waals surface area contributed by atoms with Gasteiger partial charge in [-0.15, -0.1) is 22.0 Å². The number of Topliss-reactive ketones (excluding diaryl/α,β-unsaturated/α-hetero) is 1. The molecule has 3 rings (SSSR count). The topological polar surface area (TPSA) is 112 Å². The highest BCUT2D eigenvalue weighted by atomic mass is 79.9. The predicted octanol–water partition coefficient (Wildman–Crippen LogP) is 5.94. The van der Waals surface area contributed by atoms with Gasteiger partial charge < -0.3 is 19.1 Å². The normalized spacial score (nSPS) is 12.0. The van der Waals surface area contributed by atoms with Crippen molar-refractivity contribution in [3.05, 3.63) is 82.2 Å². The number of ether oxygens (including phenoxy) is 2. The zero-order chi connectivity index (χ0) is 29.8. The summed E-state index contributed by atoms with van der Waals surface area (Å²) >= 11 is 0. The zero-order valence-electron chi connectivity index (χ0n) is 25.0. The average Bonchev–Trinajstić information content (AvgIpc) is 3.19. The second-order valence-electron chi connectivity index (χ2n) is 11.7. The number of imidazole rings is 1. The lowest BCUT2D eigenvalue weighted by Crippen LogP contribution is -2.31. The van der Waals surface area contributed by atoms with E-state index in [-0.39, 0.29) is 59.5 Å². The maximum Gasteiger partial charge on any atom is 0.436 e. The monoisotopic (exact) mass is 629 g/mol. The molecule has 10 heteroatoms. The molecule has 0 unspecified atom stereocenters. The van der Waals surface area contributed by atoms with Crippen molar-refractivity contribution < 1.29 is 29.0 Å². The van der Waals surface area contributed by atoms with Crippen LogP contribution in [0.15, 0.2) is 53.7 Å². The van der Waals surface area contributed by atoms with Crippen LogP contribution in [0.2, 0.25) is 0 Å². The van der Waals surface area contributed by atoms with Gasteiger partial charge in [0, 0.05) is 22.9 Å². The fourth-order valence-corrected chi connectivity index (χ4v) is 4.38. The van der Waals surface area contributed by atoms with Gasteiger partial charge in [0.25, 0.3) is 0 Å². The molecule has 0 atom stereocenters. The van der Waals surface area contributed by atoms with E-state index in [2.05, 4.69) is 4.99 Å². The second-order valence-corrected chi connectivity index (χ2v) is 11.7. The fourth-order valence-electron chi connectivity index (χ4n) is 4.38. The van der Waals surface area contributed by atoms with Crippen LogP contribution in [0.1, 0.15) is 86.0 Å². The first kappa shape index (κ1) is 33.5. The van der Waals surface area contributed by atoms with E-state index in [1.807, 2.05) is 71.9 Å². The number of hydrogen-bond acceptors (Lipinski definition) is 6. The summed E-state index contributed by atoms with van der Waals surface area (Å²) in [4.78, 5) is 43.1. The molecule has 1 heterocycles. The van der Waals surface area contributed by atoms with Crippen molar-refractivity contribution in [1.82, 2.24) is 9.13 Å². The van der Waals surface area contributed by atoms with Crippen LogP contribution in [0.3, 0.4) is 0 Å². The van der Waals surface area contributed by atoms with Crippen LogP contribution >= 0.6 is 17.0 Å². The first-order chi connectivity index (χ1) is 18.7. The number of rotatable bonds is 7. The van der Waals surface area contributed by atoms with Crippen LogP contribution in [0, 0.1) is 0 Å². The summed E-state index contributed by atoms with van der Waals surface area (Å²) < 4.78 is 13.0. The number of benzene rings is 2. The van der Waals surface area contributed by atoms with E-state index < -0.39 is 22.9 Å². The van der Waals surface area contributed by atoms with Gasteiger partial charge in [-0.05, 0) is 35.4 Å². The summed E-state index contributed by atoms with van der Waals surface area (Å²) in [7, 11) is 1.20. The lowest BCUT2D eigenvalue weighted by Gasteiger charge is -2.28. The molecule has 0 fully saturated rings. The Morgan fingerprint density at radius 3 is 2.00 bits per heavy atom. The molecule has 2 aromatic carbocycles. The Morgan fingerprint density at radius 1 is 0.951 bits per heavy atom. The number of aromatic hydroxyl groups is 1. The van der Waals surface area contributed by atoms with Gasteiger partial charge in [-0.3, -0.25) is 9.36 Å². The zero-order valence-corrected chi connectivity index (χ0v) is 26.7. The van der Waals surface area contributed by atoms with E-state index >= 15 is 0 Å². The molecular weight excluding hydrogens is 590 g/mol. The van der Waals surface area contributed by atoms with E-state index in [0.717, 1.165) is 5.56 Å². The molecule has 1 amide bonds. The molecule has 0 radical (unpaired) electrons. The molecule has 41 heavy (non-hydrogen) atoms. The number of halogens is 1. The molecular formula is C31H40BrN3O6. The van der Waals surface area contributed by atoms with Gasteiger partial charge in [0.15, 0.2) is 5.78 Å². The standard InChI is InChI=1S/C31H39N3O6.BrH/c1-9-40-27(37)24-18-33(28(32-29(38)39-8)34(24)17-20-13-11-10-12-14-20)19-25(35)21-15-22(30(2,3)4)26(36)23(16-21)31(5,6)7;/h10-16,18,36H,9,17,19H2,1-8H3;1H/b32-28-;. The third kappa shape index (κ3) is 7.97. The Balaban J connectivity index is 0.00000588. The maximum atomic E-state index is 13.8. The lowest BCUT2D eigenvalue weighted by atomic mass is 9.78. The van der Waals surface area contributed by atoms with Crippen molar-refractivity contribution in [1.29, 1.82) is 0 Å². The highest BCUT2D eigenvalue weighted by Crippen LogP contribution is 2.39. The molecule has 0 aliphatic heterocycles. The largest absolute Gasteiger partial charge is 0.507 e. The minimum atomic E-state index is -0.876. The van der Waals surface area contributed by atoms with Gasteiger partial charge in [-0.2, -0.15) is 0 Å². The summed E-state index contributed by atoms with van der Waals surface area (Å²) in [5, 5.41) is 11.1. The third-order valence-corrected chi connectivity index (χ3v) is 6.46. The molecule has 0 saturated carbocycles. The van der Waals surface area contributed by atoms with Crippen molar-refractivity contribution in [2.45, 2.75) is 72.4 Å². The van der Waals surface area contributed by atoms with Crippen LogP contribution in [0.5, 0.6) is 5.75 Å². The first-order valence-corrected chi connectivity index (χ1v) is 13.2. The lowest BCUT2D eigenvalue weighted by molar-refractivity contribution is 0.0513. The molecule has 0 spiro atoms. The number of carbonyl (C=O) groups excluding carboxylic acids is 3. The Morgan fingerprint density at radius 2 is 1.51 bits per heavy atom. The van der Waals surface area contributed by atoms with E-state index in [1.165, 1.54) is 22.4 Å². The van der Waals surface area contributed by atoms with Gasteiger partial charge in [0.2, 0.25) is 5.62 Å². The molecule has 1 aromatic heterocycles. The number of nitrogens with zero attached hydrogens (tertiary/aromatic N) is 3. The minimum Gasteiger partial charge on any atom is -0.507 e. The van der Waals surface area contributed by atoms with Crippen LogP contribution in [0.25, 0.3) is 0 Å². The summed E-state index contributed by atoms with van der Waals surface area (Å²) in [6, 6.07) is 12.8. The van der Waals surface area contributed by atoms with Crippen molar-refractivity contribution in [3.63, 3.8) is 0 Å². The first-order valence-electron chi connectivity index (χ1n) is 13.2. The number of phenolic OH excluding ortho intramolecular Hbond substituents is 1. The molecule has 0 aliphatic rings. The number of phenols is 1. The molecule has 0 saturated heterocycles.